The molecule has 0 unspecified atom stereocenters. The lowest BCUT2D eigenvalue weighted by Crippen LogP contribution is -2.41. The minimum atomic E-state index is -0.121. The Hall–Kier alpha value is -1.26. The quantitative estimate of drug-likeness (QED) is 0.789. The molecular formula is C14H21ClN2O2. The van der Waals surface area contributed by atoms with Gasteiger partial charge in [-0.2, -0.15) is 0 Å². The molecule has 0 aromatic heterocycles. The monoisotopic (exact) mass is 284 g/mol. The molecule has 1 amide bonds. The molecule has 1 aromatic carbocycles. The first-order valence-electron chi connectivity index (χ1n) is 6.51. The molecule has 0 bridgehead atoms. The van der Waals surface area contributed by atoms with E-state index < -0.39 is 0 Å². The summed E-state index contributed by atoms with van der Waals surface area (Å²) in [6.45, 7) is 4.34. The van der Waals surface area contributed by atoms with Crippen LogP contribution in [0.5, 0.6) is 0 Å². The second-order valence-corrected chi connectivity index (χ2v) is 4.84. The minimum Gasteiger partial charge on any atom is -0.398 e. The summed E-state index contributed by atoms with van der Waals surface area (Å²) in [5, 5.41) is 9.51. The predicted molar refractivity (Wildman–Crippen MR) is 78.4 cm³/mol. The number of carbonyl (C=O) groups is 1. The number of anilines is 1. The van der Waals surface area contributed by atoms with Crippen molar-refractivity contribution in [3.63, 3.8) is 0 Å². The molecule has 0 aliphatic heterocycles. The van der Waals surface area contributed by atoms with Crippen LogP contribution in [0.4, 0.5) is 5.69 Å². The normalized spacial score (nSPS) is 10.8. The molecule has 0 heterocycles. The van der Waals surface area contributed by atoms with Crippen molar-refractivity contribution in [2.45, 2.75) is 32.7 Å². The smallest absolute Gasteiger partial charge is 0.254 e. The lowest BCUT2D eigenvalue weighted by Gasteiger charge is -2.30. The van der Waals surface area contributed by atoms with Gasteiger partial charge in [0.25, 0.3) is 5.91 Å². The zero-order valence-corrected chi connectivity index (χ0v) is 12.2. The van der Waals surface area contributed by atoms with Crippen molar-refractivity contribution >= 4 is 23.2 Å². The first kappa shape index (κ1) is 15.8. The van der Waals surface area contributed by atoms with Crippen LogP contribution in [0.25, 0.3) is 0 Å². The van der Waals surface area contributed by atoms with Crippen LogP contribution >= 0.6 is 11.6 Å². The van der Waals surface area contributed by atoms with E-state index in [0.29, 0.717) is 22.8 Å². The van der Waals surface area contributed by atoms with Gasteiger partial charge in [-0.1, -0.05) is 25.4 Å². The average Bonchev–Trinajstić information content (AvgIpc) is 2.41. The number of nitrogens with two attached hydrogens (primary N) is 1. The molecule has 1 rings (SSSR count). The van der Waals surface area contributed by atoms with E-state index in [-0.39, 0.29) is 18.6 Å². The van der Waals surface area contributed by atoms with Gasteiger partial charge in [-0.25, -0.2) is 0 Å². The number of hydrogen-bond donors (Lipinski definition) is 2. The van der Waals surface area contributed by atoms with E-state index in [4.69, 9.17) is 22.4 Å². The van der Waals surface area contributed by atoms with Crippen LogP contribution in [0.1, 0.15) is 37.0 Å². The first-order chi connectivity index (χ1) is 9.04. The van der Waals surface area contributed by atoms with E-state index in [1.165, 1.54) is 0 Å². The first-order valence-corrected chi connectivity index (χ1v) is 6.89. The highest BCUT2D eigenvalue weighted by atomic mass is 35.5. The van der Waals surface area contributed by atoms with Crippen molar-refractivity contribution < 1.29 is 9.90 Å². The number of aliphatic hydroxyl groups is 1. The summed E-state index contributed by atoms with van der Waals surface area (Å²) in [6, 6.07) is 4.98. The van der Waals surface area contributed by atoms with Crippen LogP contribution in [0, 0.1) is 0 Å². The number of nitrogen functional groups attached to an aromatic ring is 1. The fraction of sp³-hybridized carbons (Fsp3) is 0.500. The third kappa shape index (κ3) is 3.85. The fourth-order valence-corrected chi connectivity index (χ4v) is 2.29. The highest BCUT2D eigenvalue weighted by Gasteiger charge is 2.22. The standard InChI is InChI=1S/C14H21ClN2O2/c1-3-11(4-2)17(7-8-18)14(19)10-5-6-13(16)12(15)9-10/h5-6,9,11,18H,3-4,7-8,16H2,1-2H3. The van der Waals surface area contributed by atoms with Crippen LogP contribution < -0.4 is 5.73 Å². The Morgan fingerprint density at radius 2 is 2.05 bits per heavy atom. The Morgan fingerprint density at radius 3 is 2.53 bits per heavy atom. The Labute approximate surface area is 119 Å². The molecule has 0 radical (unpaired) electrons. The number of halogens is 1. The van der Waals surface area contributed by atoms with Gasteiger partial charge in [-0.3, -0.25) is 4.79 Å². The van der Waals surface area contributed by atoms with Crippen molar-refractivity contribution in [1.29, 1.82) is 0 Å². The number of hydrogen-bond acceptors (Lipinski definition) is 3. The van der Waals surface area contributed by atoms with Crippen molar-refractivity contribution in [2.24, 2.45) is 0 Å². The zero-order chi connectivity index (χ0) is 14.4. The maximum absolute atomic E-state index is 12.5. The number of carbonyl (C=O) groups excluding carboxylic acids is 1. The molecule has 0 atom stereocenters. The van der Waals surface area contributed by atoms with Crippen LogP contribution in [-0.4, -0.2) is 35.1 Å². The van der Waals surface area contributed by atoms with E-state index in [0.717, 1.165) is 12.8 Å². The number of rotatable bonds is 6. The van der Waals surface area contributed by atoms with Gasteiger partial charge in [0.15, 0.2) is 0 Å². The van der Waals surface area contributed by atoms with E-state index in [1.54, 1.807) is 23.1 Å². The van der Waals surface area contributed by atoms with Crippen molar-refractivity contribution in [3.05, 3.63) is 28.8 Å². The lowest BCUT2D eigenvalue weighted by molar-refractivity contribution is 0.0622. The number of benzene rings is 1. The number of aliphatic hydroxyl groups excluding tert-OH is 1. The SMILES string of the molecule is CCC(CC)N(CCO)C(=O)c1ccc(N)c(Cl)c1. The highest BCUT2D eigenvalue weighted by molar-refractivity contribution is 6.33. The molecule has 0 saturated carbocycles. The van der Waals surface area contributed by atoms with Gasteiger partial charge in [0.2, 0.25) is 0 Å². The maximum atomic E-state index is 12.5. The largest absolute Gasteiger partial charge is 0.398 e. The molecule has 0 fully saturated rings. The molecule has 106 valence electrons. The Bertz CT molecular complexity index is 433. The van der Waals surface area contributed by atoms with Crippen LogP contribution in [0.2, 0.25) is 5.02 Å². The van der Waals surface area contributed by atoms with E-state index >= 15 is 0 Å². The van der Waals surface area contributed by atoms with Gasteiger partial charge in [-0.15, -0.1) is 0 Å². The minimum absolute atomic E-state index is 0.0507. The summed E-state index contributed by atoms with van der Waals surface area (Å²) in [7, 11) is 0. The summed E-state index contributed by atoms with van der Waals surface area (Å²) < 4.78 is 0. The van der Waals surface area contributed by atoms with Crippen molar-refractivity contribution in [1.82, 2.24) is 4.90 Å². The fourth-order valence-electron chi connectivity index (χ4n) is 2.11. The summed E-state index contributed by atoms with van der Waals surface area (Å²) in [5.41, 5.74) is 6.59. The molecule has 4 nitrogen and oxygen atoms in total. The molecule has 3 N–H and O–H groups in total. The summed E-state index contributed by atoms with van der Waals surface area (Å²) >= 11 is 5.94. The number of amides is 1. The van der Waals surface area contributed by atoms with E-state index in [9.17, 15) is 4.79 Å². The second-order valence-electron chi connectivity index (χ2n) is 4.43. The zero-order valence-electron chi connectivity index (χ0n) is 11.4. The Kier molecular flexibility index (Phi) is 6.12. The molecule has 0 aliphatic carbocycles. The van der Waals surface area contributed by atoms with Crippen LogP contribution in [-0.2, 0) is 0 Å². The molecule has 0 spiro atoms. The third-order valence-corrected chi connectivity index (χ3v) is 3.56. The predicted octanol–water partition coefficient (Wildman–Crippen LogP) is 2.55. The third-order valence-electron chi connectivity index (χ3n) is 3.23. The van der Waals surface area contributed by atoms with Gasteiger partial charge in [0.1, 0.15) is 0 Å². The van der Waals surface area contributed by atoms with Gasteiger partial charge >= 0.3 is 0 Å². The molecular weight excluding hydrogens is 264 g/mol. The summed E-state index contributed by atoms with van der Waals surface area (Å²) in [5.74, 6) is -0.121. The van der Waals surface area contributed by atoms with Gasteiger partial charge in [0, 0.05) is 18.2 Å². The van der Waals surface area contributed by atoms with Gasteiger partial charge < -0.3 is 15.7 Å². The molecule has 0 saturated heterocycles. The average molecular weight is 285 g/mol. The van der Waals surface area contributed by atoms with Crippen LogP contribution in [0.15, 0.2) is 18.2 Å². The topological polar surface area (TPSA) is 66.6 Å². The highest BCUT2D eigenvalue weighted by Crippen LogP contribution is 2.22. The van der Waals surface area contributed by atoms with Crippen LogP contribution in [0.3, 0.4) is 0 Å². The Morgan fingerprint density at radius 1 is 1.42 bits per heavy atom. The molecule has 19 heavy (non-hydrogen) atoms. The number of nitrogens with zero attached hydrogens (tertiary/aromatic N) is 1. The van der Waals surface area contributed by atoms with Gasteiger partial charge in [0.05, 0.1) is 17.3 Å². The molecule has 5 heteroatoms. The summed E-state index contributed by atoms with van der Waals surface area (Å²) in [6.07, 6.45) is 1.70. The Balaban J connectivity index is 3.01. The lowest BCUT2D eigenvalue weighted by atomic mass is 10.1. The van der Waals surface area contributed by atoms with Crippen molar-refractivity contribution in [2.75, 3.05) is 18.9 Å². The second kappa shape index (κ2) is 7.36. The van der Waals surface area contributed by atoms with E-state index in [2.05, 4.69) is 0 Å². The molecule has 1 aromatic rings. The maximum Gasteiger partial charge on any atom is 0.254 e. The molecule has 0 aliphatic rings. The summed E-state index contributed by atoms with van der Waals surface area (Å²) in [4.78, 5) is 14.2. The van der Waals surface area contributed by atoms with E-state index in [1.807, 2.05) is 13.8 Å². The van der Waals surface area contributed by atoms with Crippen molar-refractivity contribution in [3.8, 4) is 0 Å². The van der Waals surface area contributed by atoms with Gasteiger partial charge in [-0.05, 0) is 31.0 Å².